The summed E-state index contributed by atoms with van der Waals surface area (Å²) in [5, 5.41) is 4.57. The first-order chi connectivity index (χ1) is 10.3. The molecule has 2 aromatic rings. The minimum absolute atomic E-state index is 0. The van der Waals surface area contributed by atoms with Gasteiger partial charge in [-0.1, -0.05) is 18.2 Å². The Morgan fingerprint density at radius 2 is 2.00 bits per heavy atom. The smallest absolute Gasteiger partial charge is 0.194 e. The summed E-state index contributed by atoms with van der Waals surface area (Å²) in [4.78, 5) is 7.09. The zero-order chi connectivity index (χ0) is 14.7. The Labute approximate surface area is 149 Å². The van der Waals surface area contributed by atoms with Gasteiger partial charge in [-0.2, -0.15) is 0 Å². The van der Waals surface area contributed by atoms with E-state index in [9.17, 15) is 0 Å². The second-order valence-electron chi connectivity index (χ2n) is 5.51. The third-order valence-corrected chi connectivity index (χ3v) is 4.06. The van der Waals surface area contributed by atoms with Crippen molar-refractivity contribution in [2.75, 3.05) is 19.6 Å². The summed E-state index contributed by atoms with van der Waals surface area (Å²) in [5.74, 6) is 1.97. The summed E-state index contributed by atoms with van der Waals surface area (Å²) in [6.07, 6.45) is 2.52. The lowest BCUT2D eigenvalue weighted by Gasteiger charge is -2.20. The van der Waals surface area contributed by atoms with E-state index in [1.165, 1.54) is 23.8 Å². The van der Waals surface area contributed by atoms with Gasteiger partial charge in [0, 0.05) is 30.6 Å². The molecule has 0 atom stereocenters. The van der Waals surface area contributed by atoms with Crippen LogP contribution in [-0.4, -0.2) is 30.5 Å². The molecular weight excluding hydrogens is 389 g/mol. The van der Waals surface area contributed by atoms with Gasteiger partial charge in [-0.05, 0) is 32.8 Å². The Morgan fingerprint density at radius 3 is 2.68 bits per heavy atom. The van der Waals surface area contributed by atoms with Crippen LogP contribution < -0.4 is 5.32 Å². The third-order valence-electron chi connectivity index (χ3n) is 4.06. The van der Waals surface area contributed by atoms with Crippen molar-refractivity contribution in [3.63, 3.8) is 0 Å². The number of benzene rings is 1. The number of para-hydroxylation sites is 1. The highest BCUT2D eigenvalue weighted by Gasteiger charge is 2.16. The zero-order valence-electron chi connectivity index (χ0n) is 13.3. The van der Waals surface area contributed by atoms with Crippen LogP contribution in [0, 0.1) is 6.92 Å². The van der Waals surface area contributed by atoms with Crippen LogP contribution in [0.4, 0.5) is 0 Å². The fourth-order valence-electron chi connectivity index (χ4n) is 2.88. The number of hydrogen-bond donors (Lipinski definition) is 1. The average Bonchev–Trinajstić information content (AvgIpc) is 3.13. The molecule has 1 aromatic carbocycles. The van der Waals surface area contributed by atoms with Crippen LogP contribution in [0.3, 0.4) is 0 Å². The summed E-state index contributed by atoms with van der Waals surface area (Å²) in [5.41, 5.74) is 2.15. The topological polar surface area (TPSA) is 40.8 Å². The molecule has 1 N–H and O–H groups in total. The van der Waals surface area contributed by atoms with Gasteiger partial charge < -0.3 is 14.6 Å². The SMILES string of the molecule is CCNC(=NCc1oc2ccccc2c1C)N1CCCC1.I. The van der Waals surface area contributed by atoms with Crippen LogP contribution in [0.1, 0.15) is 31.1 Å². The van der Waals surface area contributed by atoms with Crippen molar-refractivity contribution >= 4 is 40.9 Å². The standard InChI is InChI=1S/C17H23N3O.HI/c1-3-18-17(20-10-6-7-11-20)19-12-16-13(2)14-8-4-5-9-15(14)21-16;/h4-5,8-9H,3,6-7,10-12H2,1-2H3,(H,18,19);1H. The Hall–Kier alpha value is -1.24. The Morgan fingerprint density at radius 1 is 1.27 bits per heavy atom. The summed E-state index contributed by atoms with van der Waals surface area (Å²) in [7, 11) is 0. The summed E-state index contributed by atoms with van der Waals surface area (Å²) >= 11 is 0. The summed E-state index contributed by atoms with van der Waals surface area (Å²) < 4.78 is 5.94. The van der Waals surface area contributed by atoms with Gasteiger partial charge in [0.25, 0.3) is 0 Å². The molecule has 1 saturated heterocycles. The predicted octanol–water partition coefficient (Wildman–Crippen LogP) is 3.92. The van der Waals surface area contributed by atoms with E-state index in [-0.39, 0.29) is 24.0 Å². The minimum Gasteiger partial charge on any atom is -0.459 e. The van der Waals surface area contributed by atoms with Crippen molar-refractivity contribution in [1.29, 1.82) is 0 Å². The van der Waals surface area contributed by atoms with Crippen LogP contribution in [0.15, 0.2) is 33.7 Å². The van der Waals surface area contributed by atoms with E-state index >= 15 is 0 Å². The van der Waals surface area contributed by atoms with E-state index in [0.29, 0.717) is 6.54 Å². The van der Waals surface area contributed by atoms with Crippen molar-refractivity contribution in [1.82, 2.24) is 10.2 Å². The molecule has 3 rings (SSSR count). The van der Waals surface area contributed by atoms with Gasteiger partial charge in [-0.15, -0.1) is 24.0 Å². The van der Waals surface area contributed by atoms with E-state index in [1.54, 1.807) is 0 Å². The number of likely N-dealkylation sites (tertiary alicyclic amines) is 1. The van der Waals surface area contributed by atoms with Crippen molar-refractivity contribution < 1.29 is 4.42 Å². The molecule has 1 fully saturated rings. The van der Waals surface area contributed by atoms with Crippen molar-refractivity contribution in [2.45, 2.75) is 33.2 Å². The van der Waals surface area contributed by atoms with Crippen LogP contribution in [0.5, 0.6) is 0 Å². The van der Waals surface area contributed by atoms with Gasteiger partial charge >= 0.3 is 0 Å². The molecule has 1 aliphatic rings. The Bertz CT molecular complexity index is 644. The molecule has 120 valence electrons. The normalized spacial score (nSPS) is 15.2. The summed E-state index contributed by atoms with van der Waals surface area (Å²) in [6.45, 7) is 7.92. The molecule has 0 spiro atoms. The molecule has 22 heavy (non-hydrogen) atoms. The molecule has 0 radical (unpaired) electrons. The molecule has 0 saturated carbocycles. The van der Waals surface area contributed by atoms with Gasteiger partial charge in [0.05, 0.1) is 0 Å². The number of halogens is 1. The van der Waals surface area contributed by atoms with Crippen LogP contribution in [-0.2, 0) is 6.54 Å². The number of guanidine groups is 1. The van der Waals surface area contributed by atoms with E-state index in [0.717, 1.165) is 36.9 Å². The molecule has 0 amide bonds. The van der Waals surface area contributed by atoms with Crippen LogP contribution in [0.25, 0.3) is 11.0 Å². The van der Waals surface area contributed by atoms with Gasteiger partial charge in [-0.3, -0.25) is 0 Å². The maximum absolute atomic E-state index is 5.94. The van der Waals surface area contributed by atoms with E-state index in [1.807, 2.05) is 18.2 Å². The fourth-order valence-corrected chi connectivity index (χ4v) is 2.88. The molecule has 0 bridgehead atoms. The second-order valence-corrected chi connectivity index (χ2v) is 5.51. The quantitative estimate of drug-likeness (QED) is 0.471. The number of aryl methyl sites for hydroxylation is 1. The molecule has 0 aliphatic carbocycles. The lowest BCUT2D eigenvalue weighted by molar-refractivity contribution is 0.488. The van der Waals surface area contributed by atoms with E-state index in [4.69, 9.17) is 9.41 Å². The molecule has 5 heteroatoms. The van der Waals surface area contributed by atoms with Gasteiger partial charge in [0.15, 0.2) is 5.96 Å². The van der Waals surface area contributed by atoms with Crippen molar-refractivity contribution in [3.8, 4) is 0 Å². The number of rotatable bonds is 3. The minimum atomic E-state index is 0. The molecule has 1 aromatic heterocycles. The largest absolute Gasteiger partial charge is 0.459 e. The number of nitrogens with one attached hydrogen (secondary N) is 1. The maximum atomic E-state index is 5.94. The first-order valence-corrected chi connectivity index (χ1v) is 7.80. The highest BCUT2D eigenvalue weighted by atomic mass is 127. The molecule has 2 heterocycles. The Balaban J connectivity index is 0.00000176. The molecule has 0 unspecified atom stereocenters. The summed E-state index contributed by atoms with van der Waals surface area (Å²) in [6, 6.07) is 8.17. The molecular formula is C17H24IN3O. The average molecular weight is 413 g/mol. The third kappa shape index (κ3) is 3.56. The fraction of sp³-hybridized carbons (Fsp3) is 0.471. The Kier molecular flexibility index (Phi) is 6.11. The first kappa shape index (κ1) is 17.1. The van der Waals surface area contributed by atoms with Crippen molar-refractivity contribution in [3.05, 3.63) is 35.6 Å². The number of nitrogens with zero attached hydrogens (tertiary/aromatic N) is 2. The lowest BCUT2D eigenvalue weighted by Crippen LogP contribution is -2.39. The second kappa shape index (κ2) is 7.85. The highest BCUT2D eigenvalue weighted by Crippen LogP contribution is 2.25. The van der Waals surface area contributed by atoms with Crippen LogP contribution >= 0.6 is 24.0 Å². The molecule has 1 aliphatic heterocycles. The van der Waals surface area contributed by atoms with Gasteiger partial charge in [0.1, 0.15) is 17.9 Å². The number of hydrogen-bond acceptors (Lipinski definition) is 2. The number of furan rings is 1. The highest BCUT2D eigenvalue weighted by molar-refractivity contribution is 14.0. The number of aliphatic imine (C=N–C) groups is 1. The van der Waals surface area contributed by atoms with E-state index < -0.39 is 0 Å². The zero-order valence-corrected chi connectivity index (χ0v) is 15.6. The van der Waals surface area contributed by atoms with Gasteiger partial charge in [-0.25, -0.2) is 4.99 Å². The lowest BCUT2D eigenvalue weighted by atomic mass is 10.1. The van der Waals surface area contributed by atoms with Gasteiger partial charge in [0.2, 0.25) is 0 Å². The number of fused-ring (bicyclic) bond motifs is 1. The first-order valence-electron chi connectivity index (χ1n) is 7.80. The molecule has 4 nitrogen and oxygen atoms in total. The van der Waals surface area contributed by atoms with Crippen molar-refractivity contribution in [2.24, 2.45) is 4.99 Å². The van der Waals surface area contributed by atoms with E-state index in [2.05, 4.69) is 30.1 Å². The monoisotopic (exact) mass is 413 g/mol. The predicted molar refractivity (Wildman–Crippen MR) is 102 cm³/mol. The van der Waals surface area contributed by atoms with Crippen LogP contribution in [0.2, 0.25) is 0 Å². The maximum Gasteiger partial charge on any atom is 0.194 e.